The van der Waals surface area contributed by atoms with E-state index in [1.165, 1.54) is 16.9 Å². The van der Waals surface area contributed by atoms with Crippen LogP contribution < -0.4 is 16.2 Å². The van der Waals surface area contributed by atoms with E-state index in [2.05, 4.69) is 67.2 Å². The standard InChI is InChI=1S/C27H35N5OS/c1-5-27(3,4)22-12-10-21(11-13-22)26(32(28)25-19-30-15-16-31-25)20(2)8-6-14-29-18-23(33)24-9-7-17-34-24/h7,9-13,15-17,19,29H,5-6,8,14,18,28H2,1-4H3/b26-20+. The van der Waals surface area contributed by atoms with Crippen molar-refractivity contribution in [1.29, 1.82) is 0 Å². The van der Waals surface area contributed by atoms with Crippen LogP contribution in [0.3, 0.4) is 0 Å². The Morgan fingerprint density at radius 3 is 2.56 bits per heavy atom. The molecule has 180 valence electrons. The summed E-state index contributed by atoms with van der Waals surface area (Å²) in [4.78, 5) is 21.5. The summed E-state index contributed by atoms with van der Waals surface area (Å²) < 4.78 is 0. The van der Waals surface area contributed by atoms with Crippen molar-refractivity contribution in [3.8, 4) is 0 Å². The largest absolute Gasteiger partial charge is 0.310 e. The minimum Gasteiger partial charge on any atom is -0.310 e. The Labute approximate surface area is 206 Å². The summed E-state index contributed by atoms with van der Waals surface area (Å²) in [6.45, 7) is 9.94. The van der Waals surface area contributed by atoms with Gasteiger partial charge in [-0.2, -0.15) is 0 Å². The summed E-state index contributed by atoms with van der Waals surface area (Å²) in [6.07, 6.45) is 7.74. The van der Waals surface area contributed by atoms with Crippen molar-refractivity contribution in [2.24, 2.45) is 5.84 Å². The van der Waals surface area contributed by atoms with E-state index in [9.17, 15) is 4.79 Å². The van der Waals surface area contributed by atoms with Crippen molar-refractivity contribution in [3.63, 3.8) is 0 Å². The van der Waals surface area contributed by atoms with Gasteiger partial charge in [0.2, 0.25) is 0 Å². The van der Waals surface area contributed by atoms with E-state index < -0.39 is 0 Å². The van der Waals surface area contributed by atoms with Crippen molar-refractivity contribution in [2.75, 3.05) is 18.1 Å². The smallest absolute Gasteiger partial charge is 0.186 e. The van der Waals surface area contributed by atoms with E-state index in [-0.39, 0.29) is 11.2 Å². The lowest BCUT2D eigenvalue weighted by Gasteiger charge is -2.26. The van der Waals surface area contributed by atoms with Crippen LogP contribution in [0.1, 0.15) is 67.8 Å². The highest BCUT2D eigenvalue weighted by Crippen LogP contribution is 2.31. The molecule has 0 aliphatic rings. The van der Waals surface area contributed by atoms with Gasteiger partial charge >= 0.3 is 0 Å². The summed E-state index contributed by atoms with van der Waals surface area (Å²) in [6, 6.07) is 12.4. The monoisotopic (exact) mass is 477 g/mol. The third-order valence-electron chi connectivity index (χ3n) is 6.25. The summed E-state index contributed by atoms with van der Waals surface area (Å²) in [5, 5.41) is 6.81. The van der Waals surface area contributed by atoms with Gasteiger partial charge in [-0.15, -0.1) is 11.3 Å². The van der Waals surface area contributed by atoms with E-state index >= 15 is 0 Å². The average molecular weight is 478 g/mol. The highest BCUT2D eigenvalue weighted by atomic mass is 32.1. The fraction of sp³-hybridized carbons (Fsp3) is 0.370. The number of thiophene rings is 1. The molecule has 6 nitrogen and oxygen atoms in total. The maximum atomic E-state index is 12.2. The second-order valence-electron chi connectivity index (χ2n) is 9.06. The number of nitrogens with zero attached hydrogens (tertiary/aromatic N) is 3. The predicted octanol–water partition coefficient (Wildman–Crippen LogP) is 5.59. The molecule has 0 aliphatic heterocycles. The van der Waals surface area contributed by atoms with Crippen LogP contribution >= 0.6 is 11.3 Å². The van der Waals surface area contributed by atoms with Crippen LogP contribution in [0, 0.1) is 0 Å². The fourth-order valence-electron chi connectivity index (χ4n) is 3.73. The second kappa shape index (κ2) is 12.0. The molecule has 0 atom stereocenters. The molecule has 0 radical (unpaired) electrons. The van der Waals surface area contributed by atoms with Crippen LogP contribution in [0.2, 0.25) is 0 Å². The van der Waals surface area contributed by atoms with Crippen molar-refractivity contribution in [3.05, 3.63) is 81.9 Å². The number of Topliss-reactive ketones (excluding diaryl/α,β-unsaturated/α-hetero) is 1. The van der Waals surface area contributed by atoms with Gasteiger partial charge in [-0.1, -0.05) is 51.1 Å². The number of rotatable bonds is 12. The number of benzene rings is 1. The first-order chi connectivity index (χ1) is 16.3. The molecule has 0 amide bonds. The number of nitrogens with one attached hydrogen (secondary N) is 1. The van der Waals surface area contributed by atoms with E-state index in [4.69, 9.17) is 5.84 Å². The molecule has 0 bridgehead atoms. The average Bonchev–Trinajstić information content (AvgIpc) is 3.40. The van der Waals surface area contributed by atoms with Crippen LogP contribution in [0.15, 0.2) is 65.9 Å². The highest BCUT2D eigenvalue weighted by Gasteiger charge is 2.20. The molecule has 3 N–H and O–H groups in total. The third-order valence-corrected chi connectivity index (χ3v) is 7.16. The number of hydrogen-bond acceptors (Lipinski definition) is 7. The van der Waals surface area contributed by atoms with Gasteiger partial charge in [-0.25, -0.2) is 10.8 Å². The van der Waals surface area contributed by atoms with E-state index in [0.29, 0.717) is 12.4 Å². The molecule has 0 fully saturated rings. The minimum absolute atomic E-state index is 0.122. The molecule has 34 heavy (non-hydrogen) atoms. The lowest BCUT2D eigenvalue weighted by atomic mass is 9.82. The molecule has 0 saturated heterocycles. The Kier molecular flexibility index (Phi) is 9.10. The topological polar surface area (TPSA) is 84.1 Å². The molecule has 0 saturated carbocycles. The van der Waals surface area contributed by atoms with Crippen molar-refractivity contribution >= 4 is 28.6 Å². The molecule has 3 rings (SSSR count). The number of hydrogen-bond donors (Lipinski definition) is 2. The lowest BCUT2D eigenvalue weighted by molar-refractivity contribution is 0.0995. The van der Waals surface area contributed by atoms with Gasteiger partial charge in [0.05, 0.1) is 23.3 Å². The van der Waals surface area contributed by atoms with Gasteiger partial charge in [0.1, 0.15) is 0 Å². The van der Waals surface area contributed by atoms with Gasteiger partial charge in [0.15, 0.2) is 11.6 Å². The van der Waals surface area contributed by atoms with Crippen LogP contribution in [0.4, 0.5) is 5.82 Å². The Morgan fingerprint density at radius 1 is 1.18 bits per heavy atom. The highest BCUT2D eigenvalue weighted by molar-refractivity contribution is 7.12. The molecule has 7 heteroatoms. The van der Waals surface area contributed by atoms with Crippen molar-refractivity contribution in [2.45, 2.75) is 52.4 Å². The van der Waals surface area contributed by atoms with Gasteiger partial charge in [-0.05, 0) is 66.3 Å². The number of carbonyl (C=O) groups is 1. The maximum absolute atomic E-state index is 12.2. The molecular weight excluding hydrogens is 442 g/mol. The van der Waals surface area contributed by atoms with E-state index in [0.717, 1.165) is 47.5 Å². The predicted molar refractivity (Wildman–Crippen MR) is 142 cm³/mol. The molecule has 2 aromatic heterocycles. The Bertz CT molecular complexity index is 1080. The first-order valence-electron chi connectivity index (χ1n) is 11.7. The summed E-state index contributed by atoms with van der Waals surface area (Å²) in [7, 11) is 0. The van der Waals surface area contributed by atoms with Gasteiger partial charge in [0.25, 0.3) is 0 Å². The third kappa shape index (κ3) is 6.59. The molecule has 0 unspecified atom stereocenters. The van der Waals surface area contributed by atoms with Gasteiger partial charge < -0.3 is 5.32 Å². The van der Waals surface area contributed by atoms with Crippen LogP contribution in [0.5, 0.6) is 0 Å². The molecular formula is C27H35N5OS. The Hall–Kier alpha value is -2.87. The van der Waals surface area contributed by atoms with Gasteiger partial charge in [0, 0.05) is 12.4 Å². The quantitative estimate of drug-likeness (QED) is 0.153. The van der Waals surface area contributed by atoms with Crippen molar-refractivity contribution < 1.29 is 4.79 Å². The number of carbonyl (C=O) groups excluding carboxylic acids is 1. The number of allylic oxidation sites excluding steroid dienone is 1. The zero-order valence-electron chi connectivity index (χ0n) is 20.5. The van der Waals surface area contributed by atoms with E-state index in [1.54, 1.807) is 23.6 Å². The zero-order chi connectivity index (χ0) is 24.6. The second-order valence-corrected chi connectivity index (χ2v) is 10.0. The Balaban J connectivity index is 1.73. The first-order valence-corrected chi connectivity index (χ1v) is 12.6. The number of anilines is 1. The molecule has 0 aliphatic carbocycles. The lowest BCUT2D eigenvalue weighted by Crippen LogP contribution is -2.31. The normalized spacial score (nSPS) is 12.4. The Morgan fingerprint density at radius 2 is 1.94 bits per heavy atom. The van der Waals surface area contributed by atoms with Crippen LogP contribution in [-0.4, -0.2) is 28.8 Å². The number of ketones is 1. The molecule has 1 aromatic carbocycles. The summed E-state index contributed by atoms with van der Waals surface area (Å²) >= 11 is 1.48. The van der Waals surface area contributed by atoms with Gasteiger partial charge in [-0.3, -0.25) is 14.8 Å². The molecule has 0 spiro atoms. The number of hydrazine groups is 1. The summed E-state index contributed by atoms with van der Waals surface area (Å²) in [5.41, 5.74) is 4.55. The zero-order valence-corrected chi connectivity index (χ0v) is 21.4. The SMILES string of the molecule is CCC(C)(C)c1ccc(/C(=C(/C)CCCNCC(=O)c2cccs2)N(N)c2cnccn2)cc1. The maximum Gasteiger partial charge on any atom is 0.186 e. The van der Waals surface area contributed by atoms with Crippen LogP contribution in [0.25, 0.3) is 5.70 Å². The first kappa shape index (κ1) is 25.7. The molecule has 3 aromatic rings. The van der Waals surface area contributed by atoms with Crippen LogP contribution in [-0.2, 0) is 5.41 Å². The summed E-state index contributed by atoms with van der Waals surface area (Å²) in [5.74, 6) is 7.29. The van der Waals surface area contributed by atoms with Crippen molar-refractivity contribution in [1.82, 2.24) is 15.3 Å². The number of aromatic nitrogens is 2. The minimum atomic E-state index is 0.122. The molecule has 2 heterocycles. The number of nitrogens with two attached hydrogens (primary N) is 1. The van der Waals surface area contributed by atoms with E-state index in [1.807, 2.05) is 17.5 Å². The fourth-order valence-corrected chi connectivity index (χ4v) is 4.39.